The second-order valence-electron chi connectivity index (χ2n) is 5.94. The predicted molar refractivity (Wildman–Crippen MR) is 111 cm³/mol. The molecule has 1 amide bonds. The highest BCUT2D eigenvalue weighted by Crippen LogP contribution is 2.26. The Kier molecular flexibility index (Phi) is 7.48. The molecule has 0 bridgehead atoms. The topological polar surface area (TPSA) is 79.8 Å². The molecule has 0 atom stereocenters. The monoisotopic (exact) mass is 436 g/mol. The lowest BCUT2D eigenvalue weighted by molar-refractivity contribution is -0.113. The van der Waals surface area contributed by atoms with E-state index in [1.165, 1.54) is 16.7 Å². The minimum absolute atomic E-state index is 0.0587. The van der Waals surface area contributed by atoms with Gasteiger partial charge in [-0.3, -0.25) is 9.36 Å². The van der Waals surface area contributed by atoms with E-state index in [0.717, 1.165) is 17.3 Å². The molecule has 2 aromatic carbocycles. The van der Waals surface area contributed by atoms with E-state index >= 15 is 0 Å². The maximum atomic E-state index is 12.3. The van der Waals surface area contributed by atoms with E-state index in [2.05, 4.69) is 15.5 Å². The minimum Gasteiger partial charge on any atom is -0.325 e. The number of hydrogen-bond acceptors (Lipinski definition) is 5. The van der Waals surface area contributed by atoms with Crippen molar-refractivity contribution < 1.29 is 13.6 Å². The summed E-state index contributed by atoms with van der Waals surface area (Å²) in [5.74, 6) is -2.71. The SMILES string of the molecule is O=C(CSc1n[nH]c(=O)n1CCc1ccccc1)Nc1ccc(SC(F)F)cc1. The number of nitrogens with zero attached hydrogens (tertiary/aromatic N) is 2. The van der Waals surface area contributed by atoms with Gasteiger partial charge in [0.05, 0.1) is 5.75 Å². The Balaban J connectivity index is 1.53. The smallest absolute Gasteiger partial charge is 0.325 e. The summed E-state index contributed by atoms with van der Waals surface area (Å²) >= 11 is 1.59. The van der Waals surface area contributed by atoms with Gasteiger partial charge in [-0.15, -0.1) is 5.10 Å². The van der Waals surface area contributed by atoms with Gasteiger partial charge in [0.2, 0.25) is 5.91 Å². The van der Waals surface area contributed by atoms with Crippen LogP contribution in [-0.4, -0.2) is 32.2 Å². The first kappa shape index (κ1) is 21.1. The molecule has 0 aliphatic rings. The van der Waals surface area contributed by atoms with Crippen molar-refractivity contribution in [3.8, 4) is 0 Å². The van der Waals surface area contributed by atoms with Gasteiger partial charge in [-0.1, -0.05) is 53.9 Å². The van der Waals surface area contributed by atoms with Crippen LogP contribution in [0.4, 0.5) is 14.5 Å². The highest BCUT2D eigenvalue weighted by molar-refractivity contribution is 8.00. The zero-order valence-electron chi connectivity index (χ0n) is 15.2. The number of rotatable bonds is 9. The predicted octanol–water partition coefficient (Wildman–Crippen LogP) is 3.86. The molecule has 1 heterocycles. The molecule has 0 fully saturated rings. The normalized spacial score (nSPS) is 11.0. The van der Waals surface area contributed by atoms with Gasteiger partial charge in [-0.2, -0.15) is 8.78 Å². The summed E-state index contributed by atoms with van der Waals surface area (Å²) in [6, 6.07) is 15.9. The summed E-state index contributed by atoms with van der Waals surface area (Å²) in [7, 11) is 0. The van der Waals surface area contributed by atoms with Crippen LogP contribution >= 0.6 is 23.5 Å². The van der Waals surface area contributed by atoms with Crippen LogP contribution in [0, 0.1) is 0 Å². The third-order valence-corrected chi connectivity index (χ3v) is 5.58. The molecule has 0 radical (unpaired) electrons. The van der Waals surface area contributed by atoms with Crippen molar-refractivity contribution in [1.29, 1.82) is 0 Å². The van der Waals surface area contributed by atoms with E-state index in [9.17, 15) is 18.4 Å². The summed E-state index contributed by atoms with van der Waals surface area (Å²) in [6.45, 7) is 0.451. The maximum absolute atomic E-state index is 12.3. The molecule has 2 N–H and O–H groups in total. The zero-order chi connectivity index (χ0) is 20.6. The van der Waals surface area contributed by atoms with E-state index in [1.807, 2.05) is 30.3 Å². The van der Waals surface area contributed by atoms with Gasteiger partial charge in [0.1, 0.15) is 0 Å². The first-order valence-corrected chi connectivity index (χ1v) is 10.5. The molecule has 0 aliphatic carbocycles. The maximum Gasteiger partial charge on any atom is 0.343 e. The molecule has 0 spiro atoms. The number of benzene rings is 2. The van der Waals surface area contributed by atoms with E-state index in [0.29, 0.717) is 40.5 Å². The highest BCUT2D eigenvalue weighted by atomic mass is 32.2. The van der Waals surface area contributed by atoms with Crippen LogP contribution < -0.4 is 11.0 Å². The van der Waals surface area contributed by atoms with Crippen molar-refractivity contribution in [3.05, 3.63) is 70.6 Å². The summed E-state index contributed by atoms with van der Waals surface area (Å²) < 4.78 is 26.2. The Bertz CT molecular complexity index is 991. The Labute approximate surface area is 174 Å². The number of aryl methyl sites for hydroxylation is 1. The molecule has 0 saturated heterocycles. The molecule has 6 nitrogen and oxygen atoms in total. The second-order valence-corrected chi connectivity index (χ2v) is 7.94. The van der Waals surface area contributed by atoms with Crippen LogP contribution in [0.3, 0.4) is 0 Å². The van der Waals surface area contributed by atoms with Gasteiger partial charge in [0, 0.05) is 17.1 Å². The number of carbonyl (C=O) groups is 1. The van der Waals surface area contributed by atoms with Crippen LogP contribution in [-0.2, 0) is 17.8 Å². The highest BCUT2D eigenvalue weighted by Gasteiger charge is 2.12. The first-order valence-electron chi connectivity index (χ1n) is 8.68. The van der Waals surface area contributed by atoms with Gasteiger partial charge in [0.15, 0.2) is 5.16 Å². The summed E-state index contributed by atoms with van der Waals surface area (Å²) in [6.07, 6.45) is 0.670. The third-order valence-electron chi connectivity index (χ3n) is 3.89. The number of alkyl halides is 2. The van der Waals surface area contributed by atoms with E-state index < -0.39 is 5.76 Å². The molecule has 0 unspecified atom stereocenters. The number of halogens is 2. The first-order chi connectivity index (χ1) is 14.0. The number of carbonyl (C=O) groups excluding carboxylic acids is 1. The minimum atomic E-state index is -2.49. The molecule has 1 aromatic heterocycles. The van der Waals surface area contributed by atoms with Crippen LogP contribution in [0.5, 0.6) is 0 Å². The van der Waals surface area contributed by atoms with Crippen LogP contribution in [0.1, 0.15) is 5.56 Å². The van der Waals surface area contributed by atoms with Gasteiger partial charge < -0.3 is 5.32 Å². The fourth-order valence-electron chi connectivity index (χ4n) is 2.54. The van der Waals surface area contributed by atoms with Crippen molar-refractivity contribution in [2.24, 2.45) is 0 Å². The van der Waals surface area contributed by atoms with Gasteiger partial charge in [0.25, 0.3) is 5.76 Å². The number of amides is 1. The second kappa shape index (κ2) is 10.3. The summed E-state index contributed by atoms with van der Waals surface area (Å²) in [5, 5.41) is 9.52. The van der Waals surface area contributed by atoms with Crippen LogP contribution in [0.15, 0.2) is 69.4 Å². The number of aromatic nitrogens is 3. The quantitative estimate of drug-likeness (QED) is 0.498. The molecule has 29 heavy (non-hydrogen) atoms. The lowest BCUT2D eigenvalue weighted by Gasteiger charge is -2.07. The number of anilines is 1. The number of thioether (sulfide) groups is 2. The van der Waals surface area contributed by atoms with E-state index in [-0.39, 0.29) is 17.3 Å². The Morgan fingerprint density at radius 2 is 1.86 bits per heavy atom. The Morgan fingerprint density at radius 1 is 1.14 bits per heavy atom. The molecular weight excluding hydrogens is 418 g/mol. The largest absolute Gasteiger partial charge is 0.343 e. The molecule has 0 saturated carbocycles. The number of nitrogens with one attached hydrogen (secondary N) is 2. The van der Waals surface area contributed by atoms with Crippen molar-refractivity contribution in [2.45, 2.75) is 28.8 Å². The van der Waals surface area contributed by atoms with Crippen molar-refractivity contribution in [2.75, 3.05) is 11.1 Å². The molecule has 10 heteroatoms. The lowest BCUT2D eigenvalue weighted by atomic mass is 10.1. The Morgan fingerprint density at radius 3 is 2.55 bits per heavy atom. The molecule has 0 aliphatic heterocycles. The lowest BCUT2D eigenvalue weighted by Crippen LogP contribution is -2.20. The summed E-state index contributed by atoms with van der Waals surface area (Å²) in [4.78, 5) is 24.6. The van der Waals surface area contributed by atoms with E-state index in [4.69, 9.17) is 0 Å². The number of aromatic amines is 1. The number of H-pyrrole nitrogens is 1. The zero-order valence-corrected chi connectivity index (χ0v) is 16.8. The number of hydrogen-bond donors (Lipinski definition) is 2. The fraction of sp³-hybridized carbons (Fsp3) is 0.211. The average molecular weight is 437 g/mol. The van der Waals surface area contributed by atoms with Gasteiger partial charge in [-0.05, 0) is 36.2 Å². The van der Waals surface area contributed by atoms with E-state index in [1.54, 1.807) is 12.1 Å². The molecular formula is C19H18F2N4O2S2. The van der Waals surface area contributed by atoms with Crippen molar-refractivity contribution >= 4 is 35.1 Å². The van der Waals surface area contributed by atoms with Crippen molar-refractivity contribution in [1.82, 2.24) is 14.8 Å². The standard InChI is InChI=1S/C19H18F2N4O2S2/c20-17(21)29-15-8-6-14(7-9-15)22-16(26)12-28-19-24-23-18(27)25(19)11-10-13-4-2-1-3-5-13/h1-9,17H,10-12H2,(H,22,26)(H,23,27). The van der Waals surface area contributed by atoms with Gasteiger partial charge in [-0.25, -0.2) is 9.89 Å². The fourth-order valence-corrected chi connectivity index (χ4v) is 3.81. The Hall–Kier alpha value is -2.59. The third kappa shape index (κ3) is 6.47. The van der Waals surface area contributed by atoms with Crippen LogP contribution in [0.25, 0.3) is 0 Å². The van der Waals surface area contributed by atoms with Gasteiger partial charge >= 0.3 is 5.69 Å². The summed E-state index contributed by atoms with van der Waals surface area (Å²) in [5.41, 5.74) is 1.29. The van der Waals surface area contributed by atoms with Crippen LogP contribution in [0.2, 0.25) is 0 Å². The van der Waals surface area contributed by atoms with Crippen molar-refractivity contribution in [3.63, 3.8) is 0 Å². The molecule has 3 aromatic rings. The molecule has 3 rings (SSSR count). The average Bonchev–Trinajstić information content (AvgIpc) is 3.06. The molecule has 152 valence electrons.